The molecule has 4 aromatic rings. The average molecular weight is 471 g/mol. The van der Waals surface area contributed by atoms with Gasteiger partial charge in [0.25, 0.3) is 11.7 Å². The Morgan fingerprint density at radius 3 is 2.37 bits per heavy atom. The van der Waals surface area contributed by atoms with E-state index in [1.807, 2.05) is 48.5 Å². The molecule has 0 fully saturated rings. The number of carbonyl (C=O) groups excluding carboxylic acids is 4. The first-order valence-electron chi connectivity index (χ1n) is 11.3. The summed E-state index contributed by atoms with van der Waals surface area (Å²) in [6.07, 6.45) is 1.56. The van der Waals surface area contributed by atoms with Crippen molar-refractivity contribution in [3.05, 3.63) is 84.1 Å². The van der Waals surface area contributed by atoms with Crippen LogP contribution in [0.4, 0.5) is 0 Å². The summed E-state index contributed by atoms with van der Waals surface area (Å²) in [5, 5.41) is 10.7. The topological polar surface area (TPSA) is 120 Å². The summed E-state index contributed by atoms with van der Waals surface area (Å²) in [7, 11) is 0. The fourth-order valence-electron chi connectivity index (χ4n) is 3.99. The van der Waals surface area contributed by atoms with Gasteiger partial charge in [0.2, 0.25) is 11.8 Å². The second-order valence-electron chi connectivity index (χ2n) is 8.35. The summed E-state index contributed by atoms with van der Waals surface area (Å²) in [4.78, 5) is 52.2. The molecule has 1 heterocycles. The van der Waals surface area contributed by atoms with E-state index in [0.717, 1.165) is 21.9 Å². The van der Waals surface area contributed by atoms with Crippen LogP contribution in [-0.4, -0.2) is 41.1 Å². The molecule has 0 bridgehead atoms. The van der Waals surface area contributed by atoms with Gasteiger partial charge in [0.15, 0.2) is 0 Å². The first-order chi connectivity index (χ1) is 16.9. The van der Waals surface area contributed by atoms with Gasteiger partial charge in [-0.1, -0.05) is 60.7 Å². The number of para-hydroxylation sites is 1. The molecule has 3 amide bonds. The fourth-order valence-corrected chi connectivity index (χ4v) is 3.99. The van der Waals surface area contributed by atoms with Gasteiger partial charge in [-0.15, -0.1) is 0 Å². The zero-order valence-electron chi connectivity index (χ0n) is 19.3. The monoisotopic (exact) mass is 470 g/mol. The highest BCUT2D eigenvalue weighted by Crippen LogP contribution is 2.19. The van der Waals surface area contributed by atoms with Gasteiger partial charge >= 0.3 is 0 Å². The molecule has 0 saturated carbocycles. The lowest BCUT2D eigenvalue weighted by atomic mass is 10.0. The Hall–Kier alpha value is -4.46. The smallest absolute Gasteiger partial charge is 0.292 e. The van der Waals surface area contributed by atoms with Crippen LogP contribution in [0.3, 0.4) is 0 Å². The van der Waals surface area contributed by atoms with E-state index in [1.165, 1.54) is 6.20 Å². The summed E-state index contributed by atoms with van der Waals surface area (Å²) in [5.41, 5.74) is 2.00. The molecule has 0 aliphatic rings. The molecule has 4 N–H and O–H groups in total. The molecule has 3 aromatic carbocycles. The molecule has 0 spiro atoms. The molecule has 1 atom stereocenters. The van der Waals surface area contributed by atoms with E-state index < -0.39 is 23.6 Å². The highest BCUT2D eigenvalue weighted by molar-refractivity contribution is 6.45. The van der Waals surface area contributed by atoms with Crippen molar-refractivity contribution in [1.29, 1.82) is 0 Å². The number of hydrogen-bond acceptors (Lipinski definition) is 4. The number of carbonyl (C=O) groups is 4. The van der Waals surface area contributed by atoms with Gasteiger partial charge in [-0.25, -0.2) is 0 Å². The first kappa shape index (κ1) is 23.7. The van der Waals surface area contributed by atoms with E-state index in [9.17, 15) is 19.2 Å². The van der Waals surface area contributed by atoms with Crippen molar-refractivity contribution in [2.24, 2.45) is 0 Å². The van der Waals surface area contributed by atoms with Crippen molar-refractivity contribution in [2.75, 3.05) is 6.54 Å². The van der Waals surface area contributed by atoms with Crippen LogP contribution in [-0.2, 0) is 20.9 Å². The number of benzene rings is 3. The van der Waals surface area contributed by atoms with Crippen LogP contribution in [0.25, 0.3) is 21.7 Å². The normalized spacial score (nSPS) is 11.7. The third-order valence-electron chi connectivity index (χ3n) is 5.70. The Kier molecular flexibility index (Phi) is 7.21. The maximum Gasteiger partial charge on any atom is 0.292 e. The summed E-state index contributed by atoms with van der Waals surface area (Å²) in [5.74, 6) is -2.29. The van der Waals surface area contributed by atoms with Crippen molar-refractivity contribution in [3.63, 3.8) is 0 Å². The summed E-state index contributed by atoms with van der Waals surface area (Å²) in [6.45, 7) is 1.72. The second-order valence-corrected chi connectivity index (χ2v) is 8.35. The minimum absolute atomic E-state index is 0.0821. The third kappa shape index (κ3) is 5.73. The van der Waals surface area contributed by atoms with Crippen molar-refractivity contribution < 1.29 is 19.2 Å². The largest absolute Gasteiger partial charge is 0.360 e. The van der Waals surface area contributed by atoms with Crippen molar-refractivity contribution in [2.45, 2.75) is 25.9 Å². The third-order valence-corrected chi connectivity index (χ3v) is 5.70. The molecule has 0 aliphatic carbocycles. The number of rotatable bonds is 9. The molecule has 8 nitrogen and oxygen atoms in total. The minimum atomic E-state index is -0.870. The van der Waals surface area contributed by atoms with E-state index in [2.05, 4.69) is 20.9 Å². The van der Waals surface area contributed by atoms with Crippen LogP contribution >= 0.6 is 0 Å². The summed E-state index contributed by atoms with van der Waals surface area (Å²) >= 11 is 0. The van der Waals surface area contributed by atoms with Gasteiger partial charge in [0.05, 0.1) is 12.1 Å². The fraction of sp³-hybridized carbons (Fsp3) is 0.185. The molecule has 0 saturated heterocycles. The Labute approximate surface area is 202 Å². The number of Topliss-reactive ketones (excluding diaryl/α,β-unsaturated/α-hetero) is 1. The van der Waals surface area contributed by atoms with Crippen LogP contribution in [0.5, 0.6) is 0 Å². The Balaban J connectivity index is 1.22. The zero-order chi connectivity index (χ0) is 24.8. The van der Waals surface area contributed by atoms with Gasteiger partial charge in [0.1, 0.15) is 0 Å². The van der Waals surface area contributed by atoms with Gasteiger partial charge in [0, 0.05) is 36.1 Å². The lowest BCUT2D eigenvalue weighted by Gasteiger charge is -2.14. The van der Waals surface area contributed by atoms with E-state index in [4.69, 9.17) is 0 Å². The predicted molar refractivity (Wildman–Crippen MR) is 134 cm³/mol. The molecular formula is C27H26N4O4. The van der Waals surface area contributed by atoms with Crippen LogP contribution in [0, 0.1) is 0 Å². The summed E-state index contributed by atoms with van der Waals surface area (Å²) in [6, 6.07) is 20.6. The zero-order valence-corrected chi connectivity index (χ0v) is 19.3. The predicted octanol–water partition coefficient (Wildman–Crippen LogP) is 2.83. The molecule has 0 aliphatic heterocycles. The number of aromatic amines is 1. The number of ketones is 1. The SMILES string of the molecule is C[C@@H](CC(=O)NCc1cccc2ccccc12)NC(=O)CNC(=O)C(=O)c1c[nH]c2ccccc12. The van der Waals surface area contributed by atoms with Gasteiger partial charge in [-0.05, 0) is 29.3 Å². The Morgan fingerprint density at radius 1 is 0.829 bits per heavy atom. The quantitative estimate of drug-likeness (QED) is 0.222. The van der Waals surface area contributed by atoms with E-state index in [-0.39, 0.29) is 24.4 Å². The van der Waals surface area contributed by atoms with Crippen molar-refractivity contribution in [1.82, 2.24) is 20.9 Å². The number of amides is 3. The number of aromatic nitrogens is 1. The molecule has 8 heteroatoms. The molecule has 0 unspecified atom stereocenters. The highest BCUT2D eigenvalue weighted by Gasteiger charge is 2.21. The second kappa shape index (κ2) is 10.6. The average Bonchev–Trinajstić information content (AvgIpc) is 3.29. The van der Waals surface area contributed by atoms with Gasteiger partial charge < -0.3 is 20.9 Å². The number of hydrogen-bond donors (Lipinski definition) is 4. The first-order valence-corrected chi connectivity index (χ1v) is 11.3. The van der Waals surface area contributed by atoms with Gasteiger partial charge in [-0.2, -0.15) is 0 Å². The molecule has 1 aromatic heterocycles. The van der Waals surface area contributed by atoms with E-state index in [0.29, 0.717) is 11.9 Å². The standard InChI is InChI=1S/C27H26N4O4/c1-17(13-24(32)29-14-19-9-6-8-18-7-2-3-10-20(18)19)31-25(33)16-30-27(35)26(34)22-15-28-23-12-5-4-11-21(22)23/h2-12,15,17,28H,13-14,16H2,1H3,(H,29,32)(H,30,35)(H,31,33)/t17-/m0/s1. The molecular weight excluding hydrogens is 444 g/mol. The van der Waals surface area contributed by atoms with Crippen molar-refractivity contribution in [3.8, 4) is 0 Å². The molecule has 0 radical (unpaired) electrons. The minimum Gasteiger partial charge on any atom is -0.360 e. The molecule has 178 valence electrons. The number of fused-ring (bicyclic) bond motifs is 2. The van der Waals surface area contributed by atoms with Crippen LogP contribution in [0.2, 0.25) is 0 Å². The maximum absolute atomic E-state index is 12.5. The van der Waals surface area contributed by atoms with E-state index in [1.54, 1.807) is 25.1 Å². The van der Waals surface area contributed by atoms with Gasteiger partial charge in [-0.3, -0.25) is 19.2 Å². The van der Waals surface area contributed by atoms with Crippen molar-refractivity contribution >= 4 is 45.2 Å². The Bertz CT molecular complexity index is 1400. The molecule has 4 rings (SSSR count). The van der Waals surface area contributed by atoms with E-state index >= 15 is 0 Å². The van der Waals surface area contributed by atoms with Crippen LogP contribution in [0.15, 0.2) is 72.9 Å². The summed E-state index contributed by atoms with van der Waals surface area (Å²) < 4.78 is 0. The lowest BCUT2D eigenvalue weighted by Crippen LogP contribution is -2.44. The molecule has 35 heavy (non-hydrogen) atoms. The number of nitrogens with one attached hydrogen (secondary N) is 4. The van der Waals surface area contributed by atoms with Crippen LogP contribution in [0.1, 0.15) is 29.3 Å². The highest BCUT2D eigenvalue weighted by atomic mass is 16.2. The maximum atomic E-state index is 12.5. The Morgan fingerprint density at radius 2 is 1.54 bits per heavy atom. The number of H-pyrrole nitrogens is 1. The van der Waals surface area contributed by atoms with Crippen LogP contribution < -0.4 is 16.0 Å². The lowest BCUT2D eigenvalue weighted by molar-refractivity contribution is -0.125.